The van der Waals surface area contributed by atoms with E-state index in [4.69, 9.17) is 18.3 Å². The van der Waals surface area contributed by atoms with Gasteiger partial charge in [0.2, 0.25) is 11.7 Å². The first kappa shape index (κ1) is 19.8. The van der Waals surface area contributed by atoms with Gasteiger partial charge in [0, 0.05) is 18.4 Å². The molecular formula is C22H21NO7. The Balaban J connectivity index is 1.45. The maximum atomic E-state index is 12.6. The van der Waals surface area contributed by atoms with Crippen molar-refractivity contribution in [2.24, 2.45) is 5.92 Å². The Kier molecular flexibility index (Phi) is 5.56. The van der Waals surface area contributed by atoms with Gasteiger partial charge in [-0.15, -0.1) is 0 Å². The van der Waals surface area contributed by atoms with E-state index < -0.39 is 17.9 Å². The predicted octanol–water partition coefficient (Wildman–Crippen LogP) is 3.29. The molecule has 0 spiro atoms. The van der Waals surface area contributed by atoms with Crippen molar-refractivity contribution in [3.05, 3.63) is 59.7 Å². The summed E-state index contributed by atoms with van der Waals surface area (Å²) >= 11 is 0. The van der Waals surface area contributed by atoms with Crippen LogP contribution in [0, 0.1) is 5.92 Å². The van der Waals surface area contributed by atoms with E-state index >= 15 is 0 Å². The number of esters is 2. The third-order valence-corrected chi connectivity index (χ3v) is 4.99. The molecule has 2 aromatic heterocycles. The van der Waals surface area contributed by atoms with Crippen LogP contribution in [-0.2, 0) is 32.2 Å². The Labute approximate surface area is 172 Å². The monoisotopic (exact) mass is 411 g/mol. The molecule has 0 bridgehead atoms. The molecule has 8 heteroatoms. The van der Waals surface area contributed by atoms with Crippen LogP contribution in [0.4, 0.5) is 0 Å². The molecule has 4 rings (SSSR count). The van der Waals surface area contributed by atoms with E-state index in [0.29, 0.717) is 28.8 Å². The van der Waals surface area contributed by atoms with Gasteiger partial charge in [-0.25, -0.2) is 4.79 Å². The topological polar surface area (TPSA) is 99.2 Å². The molecule has 0 N–H and O–H groups in total. The Morgan fingerprint density at radius 3 is 2.77 bits per heavy atom. The van der Waals surface area contributed by atoms with E-state index in [-0.39, 0.29) is 37.8 Å². The lowest BCUT2D eigenvalue weighted by molar-refractivity contribution is -0.149. The number of fused-ring (bicyclic) bond motifs is 1. The summed E-state index contributed by atoms with van der Waals surface area (Å²) in [7, 11) is 0. The average molecular weight is 411 g/mol. The van der Waals surface area contributed by atoms with Crippen LogP contribution in [-0.4, -0.2) is 35.9 Å². The summed E-state index contributed by atoms with van der Waals surface area (Å²) in [6, 6.07) is 10.6. The van der Waals surface area contributed by atoms with Crippen LogP contribution in [0.3, 0.4) is 0 Å². The second-order valence-electron chi connectivity index (χ2n) is 6.99. The Morgan fingerprint density at radius 1 is 1.17 bits per heavy atom. The lowest BCUT2D eigenvalue weighted by Crippen LogP contribution is -2.26. The Hall–Kier alpha value is -3.55. The highest BCUT2D eigenvalue weighted by Gasteiger charge is 2.36. The number of hydrogen-bond donors (Lipinski definition) is 0. The number of carbonyl (C=O) groups excluding carboxylic acids is 3. The molecule has 3 aromatic rings. The minimum atomic E-state index is -0.611. The van der Waals surface area contributed by atoms with Gasteiger partial charge in [0.15, 0.2) is 0 Å². The number of nitrogens with zero attached hydrogens (tertiary/aromatic N) is 1. The van der Waals surface area contributed by atoms with E-state index in [1.165, 1.54) is 6.26 Å². The zero-order chi connectivity index (χ0) is 21.1. The molecule has 1 amide bonds. The SMILES string of the molecule is CCOC(=O)c1oc2ccccc2c1COC(=O)[C@@H]1CC(=O)N(Cc2ccco2)C1. The van der Waals surface area contributed by atoms with E-state index in [2.05, 4.69) is 0 Å². The fourth-order valence-electron chi connectivity index (χ4n) is 3.54. The van der Waals surface area contributed by atoms with Gasteiger partial charge in [0.05, 0.1) is 30.9 Å². The van der Waals surface area contributed by atoms with Crippen molar-refractivity contribution < 1.29 is 32.7 Å². The summed E-state index contributed by atoms with van der Waals surface area (Å²) in [6.45, 7) is 2.33. The van der Waals surface area contributed by atoms with E-state index in [1.807, 2.05) is 0 Å². The fraction of sp³-hybridized carbons (Fsp3) is 0.318. The van der Waals surface area contributed by atoms with E-state index in [1.54, 1.807) is 48.2 Å². The van der Waals surface area contributed by atoms with Crippen molar-refractivity contribution in [1.82, 2.24) is 4.90 Å². The van der Waals surface area contributed by atoms with Crippen LogP contribution in [0.1, 0.15) is 35.2 Å². The number of rotatable bonds is 7. The molecule has 1 aliphatic rings. The van der Waals surface area contributed by atoms with Crippen molar-refractivity contribution in [3.8, 4) is 0 Å². The lowest BCUT2D eigenvalue weighted by atomic mass is 10.1. The number of furan rings is 2. The smallest absolute Gasteiger partial charge is 0.374 e. The molecule has 0 saturated carbocycles. The highest BCUT2D eigenvalue weighted by Crippen LogP contribution is 2.28. The van der Waals surface area contributed by atoms with Gasteiger partial charge in [-0.05, 0) is 25.1 Å². The molecule has 0 unspecified atom stereocenters. The van der Waals surface area contributed by atoms with Gasteiger partial charge in [-0.3, -0.25) is 9.59 Å². The van der Waals surface area contributed by atoms with Gasteiger partial charge in [-0.2, -0.15) is 0 Å². The normalized spacial score (nSPS) is 16.2. The molecule has 1 aliphatic heterocycles. The Bertz CT molecular complexity index is 1070. The zero-order valence-corrected chi connectivity index (χ0v) is 16.5. The molecule has 0 radical (unpaired) electrons. The van der Waals surface area contributed by atoms with Crippen molar-refractivity contribution >= 4 is 28.8 Å². The van der Waals surface area contributed by atoms with Crippen LogP contribution in [0.15, 0.2) is 51.5 Å². The molecule has 1 fully saturated rings. The summed E-state index contributed by atoms with van der Waals surface area (Å²) in [5.41, 5.74) is 0.960. The summed E-state index contributed by atoms with van der Waals surface area (Å²) in [5, 5.41) is 0.676. The standard InChI is InChI=1S/C22H21NO7/c1-2-27-22(26)20-17(16-7-3-4-8-18(16)30-20)13-29-21(25)14-10-19(24)23(11-14)12-15-6-5-9-28-15/h3-9,14H,2,10-13H2,1H3/t14-/m1/s1. The minimum absolute atomic E-state index is 0.0211. The van der Waals surface area contributed by atoms with E-state index in [9.17, 15) is 14.4 Å². The van der Waals surface area contributed by atoms with Crippen molar-refractivity contribution in [1.29, 1.82) is 0 Å². The van der Waals surface area contributed by atoms with Crippen LogP contribution >= 0.6 is 0 Å². The van der Waals surface area contributed by atoms with Crippen LogP contribution in [0.2, 0.25) is 0 Å². The number of likely N-dealkylation sites (tertiary alicyclic amines) is 1. The molecule has 156 valence electrons. The zero-order valence-electron chi connectivity index (χ0n) is 16.5. The first-order valence-corrected chi connectivity index (χ1v) is 9.71. The number of ether oxygens (including phenoxy) is 2. The lowest BCUT2D eigenvalue weighted by Gasteiger charge is -2.14. The molecule has 0 aliphatic carbocycles. The molecule has 3 heterocycles. The second kappa shape index (κ2) is 8.44. The molecule has 1 atom stereocenters. The van der Waals surface area contributed by atoms with Gasteiger partial charge >= 0.3 is 11.9 Å². The van der Waals surface area contributed by atoms with Crippen molar-refractivity contribution in [2.75, 3.05) is 13.2 Å². The van der Waals surface area contributed by atoms with Gasteiger partial charge in [-0.1, -0.05) is 18.2 Å². The van der Waals surface area contributed by atoms with Gasteiger partial charge in [0.1, 0.15) is 18.0 Å². The maximum absolute atomic E-state index is 12.6. The van der Waals surface area contributed by atoms with Crippen molar-refractivity contribution in [2.45, 2.75) is 26.5 Å². The molecule has 30 heavy (non-hydrogen) atoms. The second-order valence-corrected chi connectivity index (χ2v) is 6.99. The number of amides is 1. The number of benzene rings is 1. The van der Waals surface area contributed by atoms with Gasteiger partial charge < -0.3 is 23.2 Å². The highest BCUT2D eigenvalue weighted by molar-refractivity contribution is 5.96. The van der Waals surface area contributed by atoms with Gasteiger partial charge in [0.25, 0.3) is 0 Å². The molecule has 1 saturated heterocycles. The predicted molar refractivity (Wildman–Crippen MR) is 104 cm³/mol. The highest BCUT2D eigenvalue weighted by atomic mass is 16.5. The third-order valence-electron chi connectivity index (χ3n) is 4.99. The molecule has 1 aromatic carbocycles. The first-order valence-electron chi connectivity index (χ1n) is 9.71. The van der Waals surface area contributed by atoms with E-state index in [0.717, 1.165) is 0 Å². The largest absolute Gasteiger partial charge is 0.467 e. The Morgan fingerprint density at radius 2 is 2.00 bits per heavy atom. The quantitative estimate of drug-likeness (QED) is 0.550. The maximum Gasteiger partial charge on any atom is 0.374 e. The van der Waals surface area contributed by atoms with Crippen LogP contribution in [0.5, 0.6) is 0 Å². The summed E-state index contributed by atoms with van der Waals surface area (Å²) in [5.74, 6) is -1.13. The summed E-state index contributed by atoms with van der Waals surface area (Å²) in [6.07, 6.45) is 1.62. The van der Waals surface area contributed by atoms with Crippen LogP contribution in [0.25, 0.3) is 11.0 Å². The number of hydrogen-bond acceptors (Lipinski definition) is 7. The van der Waals surface area contributed by atoms with Crippen LogP contribution < -0.4 is 0 Å². The fourth-order valence-corrected chi connectivity index (χ4v) is 3.54. The summed E-state index contributed by atoms with van der Waals surface area (Å²) < 4.78 is 21.4. The first-order chi connectivity index (χ1) is 14.6. The molecular weight excluding hydrogens is 390 g/mol. The number of carbonyl (C=O) groups is 3. The third kappa shape index (κ3) is 3.94. The van der Waals surface area contributed by atoms with Crippen molar-refractivity contribution in [3.63, 3.8) is 0 Å². The molecule has 8 nitrogen and oxygen atoms in total. The average Bonchev–Trinajstić information content (AvgIpc) is 3.46. The summed E-state index contributed by atoms with van der Waals surface area (Å²) in [4.78, 5) is 38.7. The minimum Gasteiger partial charge on any atom is -0.467 e. The number of para-hydroxylation sites is 1.